The summed E-state index contributed by atoms with van der Waals surface area (Å²) in [7, 11) is 1.43. The number of rotatable bonds is 4. The lowest BCUT2D eigenvalue weighted by Gasteiger charge is -2.21. The lowest BCUT2D eigenvalue weighted by Crippen LogP contribution is -2.18. The van der Waals surface area contributed by atoms with Crippen LogP contribution in [0.4, 0.5) is 5.69 Å². The number of carbonyl (C=O) groups is 1. The van der Waals surface area contributed by atoms with E-state index in [1.165, 1.54) is 37.5 Å². The van der Waals surface area contributed by atoms with Crippen LogP contribution in [-0.4, -0.2) is 14.3 Å². The van der Waals surface area contributed by atoms with Crippen LogP contribution in [0, 0.1) is 5.92 Å². The Morgan fingerprint density at radius 1 is 1.24 bits per heavy atom. The maximum atomic E-state index is 12.0. The molecule has 1 saturated carbocycles. The summed E-state index contributed by atoms with van der Waals surface area (Å²) in [4.78, 5) is 11.9. The highest BCUT2D eigenvalue weighted by molar-refractivity contribution is 8.13. The van der Waals surface area contributed by atoms with Crippen molar-refractivity contribution in [2.45, 2.75) is 43.4 Å². The molecule has 1 N–H and O–H groups in total. The molecule has 116 valence electrons. The largest absolute Gasteiger partial charge is 0.325 e. The smallest absolute Gasteiger partial charge is 0.261 e. The van der Waals surface area contributed by atoms with Gasteiger partial charge in [-0.25, -0.2) is 8.42 Å². The summed E-state index contributed by atoms with van der Waals surface area (Å²) in [5.74, 6) is 0.338. The minimum atomic E-state index is -3.82. The fraction of sp³-hybridized carbons (Fsp3) is 0.500. The summed E-state index contributed by atoms with van der Waals surface area (Å²) >= 11 is 5.98. The van der Waals surface area contributed by atoms with E-state index in [1.807, 2.05) is 0 Å². The maximum absolute atomic E-state index is 12.0. The second-order valence-corrected chi connectivity index (χ2v) is 8.31. The van der Waals surface area contributed by atoms with Gasteiger partial charge in [-0.1, -0.05) is 30.9 Å². The van der Waals surface area contributed by atoms with Gasteiger partial charge in [-0.2, -0.15) is 0 Å². The Morgan fingerprint density at radius 3 is 2.48 bits per heavy atom. The summed E-state index contributed by atoms with van der Waals surface area (Å²) in [6.07, 6.45) is 6.27. The van der Waals surface area contributed by atoms with E-state index < -0.39 is 9.05 Å². The predicted octanol–water partition coefficient (Wildman–Crippen LogP) is 4.18. The van der Waals surface area contributed by atoms with Gasteiger partial charge in [-0.3, -0.25) is 4.79 Å². The van der Waals surface area contributed by atoms with Gasteiger partial charge in [-0.15, -0.1) is 0 Å². The van der Waals surface area contributed by atoms with Gasteiger partial charge in [0.1, 0.15) is 0 Å². The van der Waals surface area contributed by atoms with E-state index in [2.05, 4.69) is 5.32 Å². The number of hydrogen-bond acceptors (Lipinski definition) is 3. The number of carbonyl (C=O) groups excluding carboxylic acids is 1. The summed E-state index contributed by atoms with van der Waals surface area (Å²) < 4.78 is 22.4. The Balaban J connectivity index is 2.00. The molecule has 0 aromatic heterocycles. The molecule has 1 amide bonds. The number of amides is 1. The molecular weight excluding hydrogens is 333 g/mol. The normalized spacial score (nSPS) is 16.7. The molecule has 1 aromatic rings. The Morgan fingerprint density at radius 2 is 1.90 bits per heavy atom. The Labute approximate surface area is 134 Å². The quantitative estimate of drug-likeness (QED) is 0.829. The van der Waals surface area contributed by atoms with Crippen molar-refractivity contribution in [3.05, 3.63) is 23.2 Å². The average Bonchev–Trinajstić information content (AvgIpc) is 2.41. The molecule has 0 heterocycles. The van der Waals surface area contributed by atoms with Crippen molar-refractivity contribution >= 4 is 42.9 Å². The molecule has 0 spiro atoms. The van der Waals surface area contributed by atoms with Crippen LogP contribution in [0.5, 0.6) is 0 Å². The van der Waals surface area contributed by atoms with Crippen molar-refractivity contribution in [1.82, 2.24) is 0 Å². The van der Waals surface area contributed by atoms with Gasteiger partial charge in [0.25, 0.3) is 9.05 Å². The first-order valence-electron chi connectivity index (χ1n) is 6.90. The van der Waals surface area contributed by atoms with Gasteiger partial charge in [0.05, 0.1) is 15.6 Å². The first kappa shape index (κ1) is 16.6. The van der Waals surface area contributed by atoms with E-state index in [-0.39, 0.29) is 15.8 Å². The highest BCUT2D eigenvalue weighted by Crippen LogP contribution is 2.29. The number of nitrogens with one attached hydrogen (secondary N) is 1. The van der Waals surface area contributed by atoms with Crippen LogP contribution in [0.1, 0.15) is 38.5 Å². The SMILES string of the molecule is O=C(CC1CCCCC1)Nc1ccc(S(=O)(=O)Cl)cc1Cl. The topological polar surface area (TPSA) is 63.2 Å². The third kappa shape index (κ3) is 4.87. The van der Waals surface area contributed by atoms with Gasteiger partial charge in [-0.05, 0) is 37.0 Å². The van der Waals surface area contributed by atoms with Gasteiger partial charge in [0.15, 0.2) is 0 Å². The molecule has 4 nitrogen and oxygen atoms in total. The number of hydrogen-bond donors (Lipinski definition) is 1. The van der Waals surface area contributed by atoms with E-state index in [0.717, 1.165) is 12.8 Å². The Kier molecular flexibility index (Phi) is 5.52. The van der Waals surface area contributed by atoms with Gasteiger partial charge < -0.3 is 5.32 Å². The highest BCUT2D eigenvalue weighted by Gasteiger charge is 2.18. The number of halogens is 2. The van der Waals surface area contributed by atoms with Crippen LogP contribution in [0.2, 0.25) is 5.02 Å². The second-order valence-electron chi connectivity index (χ2n) is 5.34. The Hall–Kier alpha value is -0.780. The van der Waals surface area contributed by atoms with Crippen molar-refractivity contribution in [2.24, 2.45) is 5.92 Å². The zero-order valence-electron chi connectivity index (χ0n) is 11.4. The van der Waals surface area contributed by atoms with Crippen LogP contribution in [0.3, 0.4) is 0 Å². The van der Waals surface area contributed by atoms with Gasteiger partial charge >= 0.3 is 0 Å². The predicted molar refractivity (Wildman–Crippen MR) is 84.3 cm³/mol. The lowest BCUT2D eigenvalue weighted by molar-refractivity contribution is -0.117. The Bertz CT molecular complexity index is 625. The molecule has 21 heavy (non-hydrogen) atoms. The van der Waals surface area contributed by atoms with E-state index in [1.54, 1.807) is 0 Å². The van der Waals surface area contributed by atoms with Crippen molar-refractivity contribution < 1.29 is 13.2 Å². The average molecular weight is 350 g/mol. The second kappa shape index (κ2) is 6.99. The molecule has 1 aliphatic carbocycles. The molecule has 1 fully saturated rings. The fourth-order valence-corrected chi connectivity index (χ4v) is 3.67. The zero-order chi connectivity index (χ0) is 15.5. The summed E-state index contributed by atoms with van der Waals surface area (Å²) in [6, 6.07) is 4.01. The van der Waals surface area contributed by atoms with Crippen molar-refractivity contribution in [3.63, 3.8) is 0 Å². The van der Waals surface area contributed by atoms with Crippen LogP contribution in [-0.2, 0) is 13.8 Å². The zero-order valence-corrected chi connectivity index (χ0v) is 13.8. The third-order valence-electron chi connectivity index (χ3n) is 3.69. The van der Waals surface area contributed by atoms with E-state index in [4.69, 9.17) is 22.3 Å². The monoisotopic (exact) mass is 349 g/mol. The summed E-state index contributed by atoms with van der Waals surface area (Å²) in [5, 5.41) is 2.89. The molecule has 0 bridgehead atoms. The molecule has 0 saturated heterocycles. The molecule has 0 atom stereocenters. The molecular formula is C14H17Cl2NO3S. The molecule has 0 unspecified atom stereocenters. The standard InChI is InChI=1S/C14H17Cl2NO3S/c15-12-9-11(21(16,19)20)6-7-13(12)17-14(18)8-10-4-2-1-3-5-10/h6-7,9-10H,1-5,8H2,(H,17,18). The van der Waals surface area contributed by atoms with Crippen LogP contribution in [0.25, 0.3) is 0 Å². The van der Waals surface area contributed by atoms with Crippen molar-refractivity contribution in [3.8, 4) is 0 Å². The maximum Gasteiger partial charge on any atom is 0.261 e. The number of benzene rings is 1. The van der Waals surface area contributed by atoms with Crippen molar-refractivity contribution in [1.29, 1.82) is 0 Å². The van der Waals surface area contributed by atoms with Gasteiger partial charge in [0.2, 0.25) is 5.91 Å². The molecule has 2 rings (SSSR count). The summed E-state index contributed by atoms with van der Waals surface area (Å²) in [5.41, 5.74) is 0.404. The first-order valence-corrected chi connectivity index (χ1v) is 9.59. The van der Waals surface area contributed by atoms with Crippen molar-refractivity contribution in [2.75, 3.05) is 5.32 Å². The van der Waals surface area contributed by atoms with E-state index in [0.29, 0.717) is 18.0 Å². The fourth-order valence-electron chi connectivity index (χ4n) is 2.60. The first-order chi connectivity index (χ1) is 9.86. The molecule has 7 heteroatoms. The molecule has 1 aromatic carbocycles. The molecule has 0 aliphatic heterocycles. The molecule has 0 radical (unpaired) electrons. The van der Waals surface area contributed by atoms with E-state index >= 15 is 0 Å². The summed E-state index contributed by atoms with van der Waals surface area (Å²) in [6.45, 7) is 0. The minimum Gasteiger partial charge on any atom is -0.325 e. The third-order valence-corrected chi connectivity index (χ3v) is 5.36. The van der Waals surface area contributed by atoms with Crippen LogP contribution in [0.15, 0.2) is 23.1 Å². The highest BCUT2D eigenvalue weighted by atomic mass is 35.7. The van der Waals surface area contributed by atoms with Crippen LogP contribution >= 0.6 is 22.3 Å². The van der Waals surface area contributed by atoms with E-state index in [9.17, 15) is 13.2 Å². The van der Waals surface area contributed by atoms with Crippen LogP contribution < -0.4 is 5.32 Å². The minimum absolute atomic E-state index is 0.0838. The molecule has 1 aliphatic rings. The van der Waals surface area contributed by atoms with Gasteiger partial charge in [0, 0.05) is 17.1 Å². The lowest BCUT2D eigenvalue weighted by atomic mass is 9.87. The number of anilines is 1.